The van der Waals surface area contributed by atoms with Gasteiger partial charge in [-0.1, -0.05) is 28.9 Å². The Hall–Kier alpha value is -0.580. The Morgan fingerprint density at radius 2 is 2.33 bits per heavy atom. The van der Waals surface area contributed by atoms with E-state index in [0.717, 1.165) is 36.2 Å². The van der Waals surface area contributed by atoms with Crippen molar-refractivity contribution < 1.29 is 9.84 Å². The van der Waals surface area contributed by atoms with E-state index in [-0.39, 0.29) is 0 Å². The molecule has 0 saturated carbocycles. The first-order valence-corrected chi connectivity index (χ1v) is 7.25. The van der Waals surface area contributed by atoms with E-state index in [9.17, 15) is 5.11 Å². The van der Waals surface area contributed by atoms with Crippen LogP contribution in [0.3, 0.4) is 0 Å². The number of rotatable bonds is 3. The Kier molecular flexibility index (Phi) is 4.65. The molecule has 1 saturated heterocycles. The molecule has 1 aromatic carbocycles. The van der Waals surface area contributed by atoms with Crippen LogP contribution in [0, 0.1) is 0 Å². The average Bonchev–Trinajstić information content (AvgIpc) is 2.38. The highest BCUT2D eigenvalue weighted by Gasteiger charge is 2.20. The van der Waals surface area contributed by atoms with Gasteiger partial charge in [0.05, 0.1) is 18.8 Å². The molecular formula is C14H20BrNO2. The summed E-state index contributed by atoms with van der Waals surface area (Å²) in [7, 11) is 0. The van der Waals surface area contributed by atoms with Crippen LogP contribution < -0.4 is 4.90 Å². The van der Waals surface area contributed by atoms with E-state index < -0.39 is 6.10 Å². The summed E-state index contributed by atoms with van der Waals surface area (Å²) in [5, 5.41) is 9.62. The molecule has 0 radical (unpaired) electrons. The van der Waals surface area contributed by atoms with Crippen molar-refractivity contribution in [2.75, 3.05) is 24.6 Å². The minimum atomic E-state index is -0.443. The highest BCUT2D eigenvalue weighted by Crippen LogP contribution is 2.29. The number of anilines is 1. The number of hydrogen-bond donors (Lipinski definition) is 1. The smallest absolute Gasteiger partial charge is 0.0772 e. The van der Waals surface area contributed by atoms with Crippen molar-refractivity contribution in [2.24, 2.45) is 0 Å². The van der Waals surface area contributed by atoms with Crippen molar-refractivity contribution in [3.05, 3.63) is 28.2 Å². The molecule has 1 aromatic rings. The summed E-state index contributed by atoms with van der Waals surface area (Å²) in [6.45, 7) is 6.59. The molecule has 1 N–H and O–H groups in total. The van der Waals surface area contributed by atoms with Crippen LogP contribution in [0.25, 0.3) is 0 Å². The first-order valence-electron chi connectivity index (χ1n) is 6.46. The Morgan fingerprint density at radius 1 is 1.56 bits per heavy atom. The van der Waals surface area contributed by atoms with Gasteiger partial charge in [-0.3, -0.25) is 0 Å². The second-order valence-electron chi connectivity index (χ2n) is 4.73. The van der Waals surface area contributed by atoms with Crippen molar-refractivity contribution >= 4 is 21.6 Å². The second kappa shape index (κ2) is 6.04. The summed E-state index contributed by atoms with van der Waals surface area (Å²) < 4.78 is 6.64. The normalized spacial score (nSPS) is 22.0. The Balaban J connectivity index is 2.16. The fourth-order valence-corrected chi connectivity index (χ4v) is 2.95. The largest absolute Gasteiger partial charge is 0.389 e. The van der Waals surface area contributed by atoms with Gasteiger partial charge in [0.25, 0.3) is 0 Å². The lowest BCUT2D eigenvalue weighted by molar-refractivity contribution is 0.0384. The molecule has 0 aromatic heterocycles. The molecule has 3 nitrogen and oxygen atoms in total. The van der Waals surface area contributed by atoms with E-state index in [2.05, 4.69) is 39.9 Å². The number of ether oxygens (including phenoxy) is 1. The van der Waals surface area contributed by atoms with Crippen LogP contribution >= 0.6 is 15.9 Å². The van der Waals surface area contributed by atoms with Crippen LogP contribution in [0.4, 0.5) is 5.69 Å². The van der Waals surface area contributed by atoms with E-state index >= 15 is 0 Å². The number of aliphatic hydroxyl groups excluding tert-OH is 1. The lowest BCUT2D eigenvalue weighted by atomic mass is 10.1. The van der Waals surface area contributed by atoms with E-state index in [4.69, 9.17) is 4.74 Å². The quantitative estimate of drug-likeness (QED) is 0.930. The number of hydrogen-bond acceptors (Lipinski definition) is 3. The summed E-state index contributed by atoms with van der Waals surface area (Å²) in [6, 6.07) is 6.14. The van der Waals surface area contributed by atoms with Crippen LogP contribution in [-0.4, -0.2) is 30.9 Å². The van der Waals surface area contributed by atoms with E-state index in [1.165, 1.54) is 5.69 Å². The predicted molar refractivity (Wildman–Crippen MR) is 77.0 cm³/mol. The zero-order valence-electron chi connectivity index (χ0n) is 10.9. The summed E-state index contributed by atoms with van der Waals surface area (Å²) >= 11 is 3.53. The van der Waals surface area contributed by atoms with Gasteiger partial charge in [0.2, 0.25) is 0 Å². The maximum atomic E-state index is 9.62. The molecule has 1 aliphatic rings. The molecule has 1 heterocycles. The van der Waals surface area contributed by atoms with Gasteiger partial charge >= 0.3 is 0 Å². The van der Waals surface area contributed by atoms with E-state index in [1.807, 2.05) is 6.07 Å². The fraction of sp³-hybridized carbons (Fsp3) is 0.571. The molecule has 0 spiro atoms. The first kappa shape index (κ1) is 13.8. The number of halogens is 1. The summed E-state index contributed by atoms with van der Waals surface area (Å²) in [5.41, 5.74) is 2.12. The van der Waals surface area contributed by atoms with Gasteiger partial charge in [-0.15, -0.1) is 0 Å². The lowest BCUT2D eigenvalue weighted by Crippen LogP contribution is -2.42. The molecular weight excluding hydrogens is 294 g/mol. The Bertz CT molecular complexity index is 409. The third kappa shape index (κ3) is 3.05. The lowest BCUT2D eigenvalue weighted by Gasteiger charge is -2.34. The number of aliphatic hydroxyl groups is 1. The van der Waals surface area contributed by atoms with Crippen LogP contribution in [0.1, 0.15) is 31.9 Å². The summed E-state index contributed by atoms with van der Waals surface area (Å²) in [6.07, 6.45) is 0.930. The zero-order chi connectivity index (χ0) is 13.1. The molecule has 4 heteroatoms. The van der Waals surface area contributed by atoms with Gasteiger partial charge in [0, 0.05) is 23.2 Å². The van der Waals surface area contributed by atoms with Gasteiger partial charge in [-0.25, -0.2) is 0 Å². The average molecular weight is 314 g/mol. The summed E-state index contributed by atoms with van der Waals surface area (Å²) in [5.74, 6) is 0. The van der Waals surface area contributed by atoms with Crippen molar-refractivity contribution in [3.8, 4) is 0 Å². The highest BCUT2D eigenvalue weighted by atomic mass is 79.9. The van der Waals surface area contributed by atoms with Gasteiger partial charge in [0.1, 0.15) is 0 Å². The fourth-order valence-electron chi connectivity index (χ4n) is 2.25. The predicted octanol–water partition coefficient (Wildman–Crippen LogP) is 3.12. The van der Waals surface area contributed by atoms with Gasteiger partial charge in [-0.2, -0.15) is 0 Å². The number of nitrogens with zero attached hydrogens (tertiary/aromatic N) is 1. The van der Waals surface area contributed by atoms with Gasteiger partial charge < -0.3 is 14.7 Å². The van der Waals surface area contributed by atoms with Crippen LogP contribution in [0.5, 0.6) is 0 Å². The molecule has 0 bridgehead atoms. The molecule has 2 atom stereocenters. The van der Waals surface area contributed by atoms with Crippen LogP contribution in [0.15, 0.2) is 22.7 Å². The topological polar surface area (TPSA) is 32.7 Å². The number of benzene rings is 1. The van der Waals surface area contributed by atoms with E-state index in [1.54, 1.807) is 6.92 Å². The molecule has 2 unspecified atom stereocenters. The van der Waals surface area contributed by atoms with Gasteiger partial charge in [-0.05, 0) is 31.0 Å². The highest BCUT2D eigenvalue weighted by molar-refractivity contribution is 9.10. The van der Waals surface area contributed by atoms with Crippen molar-refractivity contribution in [1.82, 2.24) is 0 Å². The van der Waals surface area contributed by atoms with Crippen molar-refractivity contribution in [1.29, 1.82) is 0 Å². The van der Waals surface area contributed by atoms with E-state index in [0.29, 0.717) is 6.10 Å². The minimum Gasteiger partial charge on any atom is -0.389 e. The molecule has 1 aliphatic heterocycles. The van der Waals surface area contributed by atoms with Crippen molar-refractivity contribution in [2.45, 2.75) is 32.5 Å². The molecule has 1 fully saturated rings. The van der Waals surface area contributed by atoms with Crippen LogP contribution in [-0.2, 0) is 4.74 Å². The second-order valence-corrected chi connectivity index (χ2v) is 5.58. The Morgan fingerprint density at radius 3 is 2.94 bits per heavy atom. The molecule has 2 rings (SSSR count). The molecule has 100 valence electrons. The monoisotopic (exact) mass is 313 g/mol. The van der Waals surface area contributed by atoms with Gasteiger partial charge in [0.15, 0.2) is 0 Å². The zero-order valence-corrected chi connectivity index (χ0v) is 12.5. The summed E-state index contributed by atoms with van der Waals surface area (Å²) in [4.78, 5) is 2.34. The third-order valence-corrected chi connectivity index (χ3v) is 4.08. The van der Waals surface area contributed by atoms with Crippen molar-refractivity contribution in [3.63, 3.8) is 0 Å². The maximum absolute atomic E-state index is 9.62. The van der Waals surface area contributed by atoms with Crippen LogP contribution in [0.2, 0.25) is 0 Å². The molecule has 18 heavy (non-hydrogen) atoms. The minimum absolute atomic E-state index is 0.328. The first-order chi connectivity index (χ1) is 8.61. The maximum Gasteiger partial charge on any atom is 0.0772 e. The molecule has 0 amide bonds. The Labute approximate surface area is 117 Å². The standard InChI is InChI=1S/C14H20BrNO2/c1-3-12-9-16(6-7-18-12)11-4-5-13(10(2)17)14(15)8-11/h4-5,8,10,12,17H,3,6-7,9H2,1-2H3. The number of morpholine rings is 1. The SMILES string of the molecule is CCC1CN(c2ccc(C(C)O)c(Br)c2)CCO1. The molecule has 0 aliphatic carbocycles. The third-order valence-electron chi connectivity index (χ3n) is 3.39.